The summed E-state index contributed by atoms with van der Waals surface area (Å²) in [5, 5.41) is 43.3. The van der Waals surface area contributed by atoms with Gasteiger partial charge in [-0.25, -0.2) is 0 Å². The van der Waals surface area contributed by atoms with Gasteiger partial charge in [0.15, 0.2) is 0 Å². The third-order valence-electron chi connectivity index (χ3n) is 1.65. The van der Waals surface area contributed by atoms with Gasteiger partial charge in [-0.3, -0.25) is 0 Å². The van der Waals surface area contributed by atoms with Crippen LogP contribution in [0.3, 0.4) is 0 Å². The van der Waals surface area contributed by atoms with Gasteiger partial charge in [0, 0.05) is 0 Å². The molecule has 0 aliphatic heterocycles. The van der Waals surface area contributed by atoms with Gasteiger partial charge in [-0.05, 0) is 27.7 Å². The maximum absolute atomic E-state index is 8.03. The van der Waals surface area contributed by atoms with Gasteiger partial charge in [-0.2, -0.15) is 0 Å². The Labute approximate surface area is 98.4 Å². The van der Waals surface area contributed by atoms with E-state index in [2.05, 4.69) is 20.6 Å². The molecule has 0 heterocycles. The monoisotopic (exact) mass is 250 g/mol. The Bertz CT molecular complexity index is 258. The second-order valence-corrected chi connectivity index (χ2v) is 2.74. The van der Waals surface area contributed by atoms with E-state index in [0.717, 1.165) is 0 Å². The summed E-state index contributed by atoms with van der Waals surface area (Å²) in [5.41, 5.74) is 1.25. The fourth-order valence-electron chi connectivity index (χ4n) is 0.289. The minimum absolute atomic E-state index is 0. The predicted molar refractivity (Wildman–Crippen MR) is 63.2 cm³/mol. The molecule has 0 aromatic heterocycles. The summed E-state index contributed by atoms with van der Waals surface area (Å²) in [6.45, 7) is 6.15. The average molecular weight is 250 g/mol. The second-order valence-electron chi connectivity index (χ2n) is 2.74. The van der Waals surface area contributed by atoms with E-state index < -0.39 is 0 Å². The van der Waals surface area contributed by atoms with Gasteiger partial charge in [-0.15, -0.1) is 0 Å². The normalized spacial score (nSPS) is 13.4. The van der Waals surface area contributed by atoms with Gasteiger partial charge < -0.3 is 26.3 Å². The lowest BCUT2D eigenvalue weighted by atomic mass is 10.3. The highest BCUT2D eigenvalue weighted by atomic mass is 16.4. The summed E-state index contributed by atoms with van der Waals surface area (Å²) in [7, 11) is 0. The smallest absolute Gasteiger partial charge is 0.101 e. The highest BCUT2D eigenvalue weighted by Gasteiger charge is 1.94. The lowest BCUT2D eigenvalue weighted by Gasteiger charge is -1.88. The SMILES string of the molecule is CC(=N\O)/C(C)=N/O.CC(=N\O)/C(C)=N/O.O. The van der Waals surface area contributed by atoms with Crippen LogP contribution in [0, 0.1) is 0 Å². The van der Waals surface area contributed by atoms with Crippen molar-refractivity contribution in [2.24, 2.45) is 20.6 Å². The first-order chi connectivity index (χ1) is 7.44. The Kier molecular flexibility index (Phi) is 14.2. The van der Waals surface area contributed by atoms with Crippen LogP contribution in [-0.4, -0.2) is 49.2 Å². The summed E-state index contributed by atoms with van der Waals surface area (Å²) >= 11 is 0. The van der Waals surface area contributed by atoms with Crippen LogP contribution in [0.1, 0.15) is 27.7 Å². The Morgan fingerprint density at radius 1 is 0.529 bits per heavy atom. The molecule has 9 nitrogen and oxygen atoms in total. The van der Waals surface area contributed by atoms with E-state index in [1.165, 1.54) is 27.7 Å². The van der Waals surface area contributed by atoms with Crippen LogP contribution >= 0.6 is 0 Å². The third-order valence-corrected chi connectivity index (χ3v) is 1.65. The van der Waals surface area contributed by atoms with Crippen molar-refractivity contribution in [3.8, 4) is 0 Å². The predicted octanol–water partition coefficient (Wildman–Crippen LogP) is 0.548. The van der Waals surface area contributed by atoms with Gasteiger partial charge in [0.2, 0.25) is 0 Å². The lowest BCUT2D eigenvalue weighted by Crippen LogP contribution is -2.04. The first kappa shape index (κ1) is 20.3. The van der Waals surface area contributed by atoms with Crippen LogP contribution in [0.4, 0.5) is 0 Å². The van der Waals surface area contributed by atoms with Crippen molar-refractivity contribution in [3.05, 3.63) is 0 Å². The molecule has 0 radical (unpaired) electrons. The van der Waals surface area contributed by atoms with Gasteiger partial charge in [0.05, 0.1) is 0 Å². The first-order valence-corrected chi connectivity index (χ1v) is 4.19. The summed E-state index contributed by atoms with van der Waals surface area (Å²) in [4.78, 5) is 0. The van der Waals surface area contributed by atoms with E-state index in [1.807, 2.05) is 0 Å². The summed E-state index contributed by atoms with van der Waals surface area (Å²) in [6, 6.07) is 0. The van der Waals surface area contributed by atoms with Gasteiger partial charge in [0.1, 0.15) is 22.8 Å². The average Bonchev–Trinajstić information content (AvgIpc) is 2.35. The lowest BCUT2D eigenvalue weighted by molar-refractivity contribution is 0.313. The molecule has 6 N–H and O–H groups in total. The number of hydrogen-bond acceptors (Lipinski definition) is 8. The van der Waals surface area contributed by atoms with Crippen molar-refractivity contribution in [1.29, 1.82) is 0 Å². The molecule has 0 spiro atoms. The van der Waals surface area contributed by atoms with Crippen molar-refractivity contribution in [3.63, 3.8) is 0 Å². The van der Waals surface area contributed by atoms with E-state index in [9.17, 15) is 0 Å². The van der Waals surface area contributed by atoms with E-state index in [1.54, 1.807) is 0 Å². The fourth-order valence-corrected chi connectivity index (χ4v) is 0.289. The molecule has 0 saturated heterocycles. The minimum Gasteiger partial charge on any atom is -0.412 e. The summed E-state index contributed by atoms with van der Waals surface area (Å²) < 4.78 is 0. The summed E-state index contributed by atoms with van der Waals surface area (Å²) in [6.07, 6.45) is 0. The van der Waals surface area contributed by atoms with Crippen LogP contribution in [0.25, 0.3) is 0 Å². The molecular weight excluding hydrogens is 232 g/mol. The number of oxime groups is 4. The largest absolute Gasteiger partial charge is 0.412 e. The van der Waals surface area contributed by atoms with Gasteiger partial charge >= 0.3 is 0 Å². The quantitative estimate of drug-likeness (QED) is 0.320. The zero-order chi connectivity index (χ0) is 13.1. The zero-order valence-electron chi connectivity index (χ0n) is 10.1. The van der Waals surface area contributed by atoms with Crippen LogP contribution in [0.15, 0.2) is 20.6 Å². The topological polar surface area (TPSA) is 162 Å². The molecule has 0 rings (SSSR count). The highest BCUT2D eigenvalue weighted by molar-refractivity contribution is 6.40. The molecule has 0 aromatic rings. The number of hydrogen-bond donors (Lipinski definition) is 4. The molecule has 17 heavy (non-hydrogen) atoms. The maximum Gasteiger partial charge on any atom is 0.101 e. The van der Waals surface area contributed by atoms with Crippen LogP contribution in [0.5, 0.6) is 0 Å². The summed E-state index contributed by atoms with van der Waals surface area (Å²) in [5.74, 6) is 0. The van der Waals surface area contributed by atoms with E-state index >= 15 is 0 Å². The van der Waals surface area contributed by atoms with E-state index in [-0.39, 0.29) is 5.48 Å². The highest BCUT2D eigenvalue weighted by Crippen LogP contribution is 1.79. The molecule has 0 amide bonds. The molecule has 0 aliphatic carbocycles. The number of nitrogens with zero attached hydrogens (tertiary/aromatic N) is 4. The molecule has 0 aliphatic rings. The van der Waals surface area contributed by atoms with Crippen molar-refractivity contribution in [1.82, 2.24) is 0 Å². The van der Waals surface area contributed by atoms with Crippen LogP contribution in [0.2, 0.25) is 0 Å². The first-order valence-electron chi connectivity index (χ1n) is 4.19. The zero-order valence-corrected chi connectivity index (χ0v) is 10.1. The standard InChI is InChI=1S/2C4H8N2O2.H2O/c2*1-3(5-7)4(2)6-8;/h2*7-8H,1-2H3;1H2/b2*5-3+,6-4+;. The molecule has 0 aromatic carbocycles. The molecule has 0 bridgehead atoms. The Hall–Kier alpha value is -2.16. The fraction of sp³-hybridized carbons (Fsp3) is 0.500. The second kappa shape index (κ2) is 11.9. The van der Waals surface area contributed by atoms with Crippen molar-refractivity contribution >= 4 is 22.8 Å². The number of rotatable bonds is 2. The Balaban J connectivity index is -0.000000218. The minimum atomic E-state index is 0. The van der Waals surface area contributed by atoms with Gasteiger partial charge in [-0.1, -0.05) is 20.6 Å². The molecule has 0 fully saturated rings. The Morgan fingerprint density at radius 3 is 0.706 bits per heavy atom. The molecule has 100 valence electrons. The van der Waals surface area contributed by atoms with Crippen molar-refractivity contribution < 1.29 is 26.3 Å². The molecule has 9 heteroatoms. The third kappa shape index (κ3) is 10.1. The molecule has 0 atom stereocenters. The van der Waals surface area contributed by atoms with Crippen LogP contribution in [-0.2, 0) is 0 Å². The van der Waals surface area contributed by atoms with Crippen molar-refractivity contribution in [2.45, 2.75) is 27.7 Å². The molecule has 0 unspecified atom stereocenters. The van der Waals surface area contributed by atoms with E-state index in [4.69, 9.17) is 20.8 Å². The van der Waals surface area contributed by atoms with Gasteiger partial charge in [0.25, 0.3) is 0 Å². The molecule has 0 saturated carbocycles. The molecular formula is C8H18N4O5. The Morgan fingerprint density at radius 2 is 0.647 bits per heavy atom. The van der Waals surface area contributed by atoms with E-state index in [0.29, 0.717) is 22.8 Å². The van der Waals surface area contributed by atoms with Crippen LogP contribution < -0.4 is 0 Å². The maximum atomic E-state index is 8.03. The van der Waals surface area contributed by atoms with Crippen molar-refractivity contribution in [2.75, 3.05) is 0 Å².